The van der Waals surface area contributed by atoms with Crippen LogP contribution < -0.4 is 16.2 Å². The number of aromatic nitrogens is 2. The molecule has 2 aromatic carbocycles. The molecule has 4 aromatic rings. The van der Waals surface area contributed by atoms with E-state index in [9.17, 15) is 18.8 Å². The van der Waals surface area contributed by atoms with Crippen LogP contribution in [0.4, 0.5) is 10.1 Å². The Balaban J connectivity index is 1.83. The molecule has 0 aliphatic heterocycles. The van der Waals surface area contributed by atoms with Gasteiger partial charge in [0.2, 0.25) is 0 Å². The van der Waals surface area contributed by atoms with E-state index in [1.807, 2.05) is 13.8 Å². The predicted octanol–water partition coefficient (Wildman–Crippen LogP) is 4.10. The van der Waals surface area contributed by atoms with E-state index in [1.54, 1.807) is 10.5 Å². The fourth-order valence-electron chi connectivity index (χ4n) is 3.15. The molecule has 0 fully saturated rings. The number of carbonyl (C=O) groups excluding carboxylic acids is 2. The molecule has 0 spiro atoms. The number of thiazole rings is 1. The van der Waals surface area contributed by atoms with Crippen molar-refractivity contribution in [2.75, 3.05) is 5.32 Å². The second-order valence-corrected chi connectivity index (χ2v) is 8.80. The zero-order chi connectivity index (χ0) is 22.3. The van der Waals surface area contributed by atoms with Gasteiger partial charge in [-0.3, -0.25) is 18.8 Å². The van der Waals surface area contributed by atoms with Gasteiger partial charge in [0.15, 0.2) is 3.95 Å². The molecule has 158 valence electrons. The fraction of sp³-hybridized carbons (Fsp3) is 0.143. The monoisotopic (exact) mass is 456 g/mol. The van der Waals surface area contributed by atoms with Crippen LogP contribution in [-0.4, -0.2) is 27.2 Å². The summed E-state index contributed by atoms with van der Waals surface area (Å²) in [4.78, 5) is 40.9. The quantitative estimate of drug-likeness (QED) is 0.403. The number of rotatable bonds is 4. The first-order chi connectivity index (χ1) is 14.7. The number of fused-ring (bicyclic) bond motifs is 3. The molecular formula is C21H17FN4O3S2. The number of carbonyl (C=O) groups is 2. The molecule has 0 bridgehead atoms. The lowest BCUT2D eigenvalue weighted by Crippen LogP contribution is -2.30. The number of benzene rings is 2. The van der Waals surface area contributed by atoms with Gasteiger partial charge in [0.25, 0.3) is 17.4 Å². The molecule has 7 nitrogen and oxygen atoms in total. The normalized spacial score (nSPS) is 11.2. The summed E-state index contributed by atoms with van der Waals surface area (Å²) in [5, 5.41) is 5.81. The van der Waals surface area contributed by atoms with Crippen LogP contribution in [0, 0.1) is 9.77 Å². The van der Waals surface area contributed by atoms with Crippen LogP contribution >= 0.6 is 23.6 Å². The summed E-state index contributed by atoms with van der Waals surface area (Å²) >= 11 is 6.53. The highest BCUT2D eigenvalue weighted by Gasteiger charge is 2.19. The van der Waals surface area contributed by atoms with E-state index in [0.717, 1.165) is 11.3 Å². The van der Waals surface area contributed by atoms with Crippen molar-refractivity contribution < 1.29 is 14.0 Å². The molecule has 0 aliphatic rings. The van der Waals surface area contributed by atoms with Gasteiger partial charge in [-0.1, -0.05) is 11.3 Å². The average Bonchev–Trinajstić information content (AvgIpc) is 3.05. The number of H-pyrrole nitrogens is 1. The first kappa shape index (κ1) is 20.9. The average molecular weight is 457 g/mol. The lowest BCUT2D eigenvalue weighted by molar-refractivity contribution is 0.0947. The van der Waals surface area contributed by atoms with Gasteiger partial charge in [-0.05, 0) is 68.5 Å². The molecule has 0 saturated heterocycles. The van der Waals surface area contributed by atoms with E-state index in [1.165, 1.54) is 36.4 Å². The van der Waals surface area contributed by atoms with E-state index < -0.39 is 17.3 Å². The lowest BCUT2D eigenvalue weighted by atomic mass is 10.1. The van der Waals surface area contributed by atoms with E-state index in [4.69, 9.17) is 12.2 Å². The highest BCUT2D eigenvalue weighted by atomic mass is 32.1. The molecule has 2 heterocycles. The fourth-order valence-corrected chi connectivity index (χ4v) is 4.43. The van der Waals surface area contributed by atoms with E-state index >= 15 is 0 Å². The Morgan fingerprint density at radius 1 is 1.13 bits per heavy atom. The van der Waals surface area contributed by atoms with Gasteiger partial charge in [0, 0.05) is 17.3 Å². The Morgan fingerprint density at radius 2 is 1.84 bits per heavy atom. The minimum absolute atomic E-state index is 0.0860. The Hall–Kier alpha value is -3.37. The molecule has 2 aromatic heterocycles. The van der Waals surface area contributed by atoms with Gasteiger partial charge in [0.1, 0.15) is 16.3 Å². The molecule has 31 heavy (non-hydrogen) atoms. The molecule has 0 aliphatic carbocycles. The van der Waals surface area contributed by atoms with Crippen LogP contribution in [0.15, 0.2) is 47.3 Å². The minimum atomic E-state index is -0.429. The smallest absolute Gasteiger partial charge is 0.265 e. The summed E-state index contributed by atoms with van der Waals surface area (Å²) in [6, 6.07) is 9.89. The maximum absolute atomic E-state index is 13.1. The first-order valence-corrected chi connectivity index (χ1v) is 10.6. The molecule has 10 heteroatoms. The van der Waals surface area contributed by atoms with Gasteiger partial charge >= 0.3 is 0 Å². The maximum Gasteiger partial charge on any atom is 0.265 e. The molecule has 2 amide bonds. The van der Waals surface area contributed by atoms with Crippen molar-refractivity contribution in [3.63, 3.8) is 0 Å². The Bertz CT molecular complexity index is 1450. The van der Waals surface area contributed by atoms with Crippen LogP contribution in [0.5, 0.6) is 0 Å². The van der Waals surface area contributed by atoms with Crippen LogP contribution in [0.2, 0.25) is 0 Å². The first-order valence-electron chi connectivity index (χ1n) is 9.34. The largest absolute Gasteiger partial charge is 0.349 e. The molecule has 0 saturated carbocycles. The molecule has 0 atom stereocenters. The minimum Gasteiger partial charge on any atom is -0.349 e. The second kappa shape index (κ2) is 8.05. The number of anilines is 1. The molecular weight excluding hydrogens is 439 g/mol. The van der Waals surface area contributed by atoms with Crippen LogP contribution in [-0.2, 0) is 0 Å². The summed E-state index contributed by atoms with van der Waals surface area (Å²) in [7, 11) is 0. The third kappa shape index (κ3) is 3.99. The number of aromatic amines is 1. The van der Waals surface area contributed by atoms with Crippen LogP contribution in [0.25, 0.3) is 16.6 Å². The van der Waals surface area contributed by atoms with Crippen molar-refractivity contribution in [1.29, 1.82) is 0 Å². The number of nitrogens with zero attached hydrogens (tertiary/aromatic N) is 1. The van der Waals surface area contributed by atoms with Crippen LogP contribution in [0.1, 0.15) is 33.9 Å². The predicted molar refractivity (Wildman–Crippen MR) is 121 cm³/mol. The van der Waals surface area contributed by atoms with Crippen molar-refractivity contribution in [2.45, 2.75) is 19.9 Å². The van der Waals surface area contributed by atoms with Crippen molar-refractivity contribution in [3.05, 3.63) is 73.0 Å². The topological polar surface area (TPSA) is 95.5 Å². The molecule has 4 rings (SSSR count). The zero-order valence-electron chi connectivity index (χ0n) is 16.5. The van der Waals surface area contributed by atoms with Crippen molar-refractivity contribution >= 4 is 57.6 Å². The molecule has 3 N–H and O–H groups in total. The van der Waals surface area contributed by atoms with Gasteiger partial charge in [-0.25, -0.2) is 4.39 Å². The van der Waals surface area contributed by atoms with Crippen molar-refractivity contribution in [3.8, 4) is 0 Å². The number of hydrogen-bond donors (Lipinski definition) is 3. The number of hydrogen-bond acceptors (Lipinski definition) is 5. The van der Waals surface area contributed by atoms with E-state index in [2.05, 4.69) is 15.6 Å². The third-order valence-electron chi connectivity index (χ3n) is 4.52. The van der Waals surface area contributed by atoms with Gasteiger partial charge in [-0.15, -0.1) is 0 Å². The number of nitrogens with one attached hydrogen (secondary N) is 3. The standard InChI is InChI=1S/C21H17FN4O3S2/c1-10(2)23-20(29)16-17-25-19(28)14-8-3-11(9-15(14)26(17)21(30)31-16)18(27)24-13-6-4-12(22)5-7-13/h3-10H,1-2H3,(H,23,29)(H,24,27)(H,25,28). The number of amides is 2. The maximum atomic E-state index is 13.1. The Kier molecular flexibility index (Phi) is 5.42. The van der Waals surface area contributed by atoms with E-state index in [0.29, 0.717) is 25.4 Å². The van der Waals surface area contributed by atoms with Crippen molar-refractivity contribution in [2.24, 2.45) is 0 Å². The summed E-state index contributed by atoms with van der Waals surface area (Å²) < 4.78 is 15.0. The van der Waals surface area contributed by atoms with E-state index in [-0.39, 0.29) is 23.2 Å². The molecule has 0 unspecified atom stereocenters. The summed E-state index contributed by atoms with van der Waals surface area (Å²) in [5.41, 5.74) is 1.01. The Morgan fingerprint density at radius 3 is 2.52 bits per heavy atom. The second-order valence-electron chi connectivity index (χ2n) is 7.16. The third-order valence-corrected chi connectivity index (χ3v) is 5.89. The highest BCUT2D eigenvalue weighted by Crippen LogP contribution is 2.24. The SMILES string of the molecule is CC(C)NC(=O)c1sc(=S)n2c1[nH]c(=O)c1ccc(C(=O)Nc3ccc(F)cc3)cc12. The lowest BCUT2D eigenvalue weighted by Gasteiger charge is -2.09. The highest BCUT2D eigenvalue weighted by molar-refractivity contribution is 7.73. The van der Waals surface area contributed by atoms with Gasteiger partial charge < -0.3 is 15.6 Å². The van der Waals surface area contributed by atoms with Gasteiger partial charge in [-0.2, -0.15) is 0 Å². The van der Waals surface area contributed by atoms with Gasteiger partial charge in [0.05, 0.1) is 10.9 Å². The molecule has 0 radical (unpaired) electrons. The van der Waals surface area contributed by atoms with Crippen LogP contribution in [0.3, 0.4) is 0 Å². The zero-order valence-corrected chi connectivity index (χ0v) is 18.1. The Labute approximate surface area is 184 Å². The summed E-state index contributed by atoms with van der Waals surface area (Å²) in [6.45, 7) is 3.67. The summed E-state index contributed by atoms with van der Waals surface area (Å²) in [5.74, 6) is -1.18. The summed E-state index contributed by atoms with van der Waals surface area (Å²) in [6.07, 6.45) is 0. The van der Waals surface area contributed by atoms with Crippen molar-refractivity contribution in [1.82, 2.24) is 14.7 Å². The number of halogens is 1.